The molecule has 0 aromatic heterocycles. The Kier molecular flexibility index (Phi) is 3.25. The zero-order valence-corrected chi connectivity index (χ0v) is 11.3. The average Bonchev–Trinajstić information content (AvgIpc) is 3.09. The van der Waals surface area contributed by atoms with Gasteiger partial charge in [0.2, 0.25) is 0 Å². The Balaban J connectivity index is 2.12. The number of nitrogens with zero attached hydrogens (tertiary/aromatic N) is 1. The highest BCUT2D eigenvalue weighted by Gasteiger charge is 2.31. The molecule has 1 N–H and O–H groups in total. The Morgan fingerprint density at radius 3 is 2.41 bits per heavy atom. The minimum atomic E-state index is -3.24. The van der Waals surface area contributed by atoms with E-state index in [2.05, 4.69) is 18.6 Å². The van der Waals surface area contributed by atoms with Crippen molar-refractivity contribution in [1.82, 2.24) is 9.03 Å². The molecule has 5 heteroatoms. The summed E-state index contributed by atoms with van der Waals surface area (Å²) in [6.07, 6.45) is 0. The van der Waals surface area contributed by atoms with Gasteiger partial charge >= 0.3 is 0 Å². The predicted molar refractivity (Wildman–Crippen MR) is 68.0 cm³/mol. The summed E-state index contributed by atoms with van der Waals surface area (Å²) in [7, 11) is -3.24. The largest absolute Gasteiger partial charge is 0.279 e. The monoisotopic (exact) mass is 254 g/mol. The van der Waals surface area contributed by atoms with Crippen molar-refractivity contribution in [2.24, 2.45) is 0 Å². The molecule has 1 fully saturated rings. The third-order valence-electron chi connectivity index (χ3n) is 3.36. The van der Waals surface area contributed by atoms with Crippen LogP contribution in [-0.4, -0.2) is 25.8 Å². The van der Waals surface area contributed by atoms with Gasteiger partial charge < -0.3 is 0 Å². The summed E-state index contributed by atoms with van der Waals surface area (Å²) in [5, 5.41) is 0. The molecule has 0 spiro atoms. The fourth-order valence-electron chi connectivity index (χ4n) is 1.75. The van der Waals surface area contributed by atoms with Crippen LogP contribution in [0, 0.1) is 20.8 Å². The van der Waals surface area contributed by atoms with Crippen LogP contribution in [0.25, 0.3) is 0 Å². The smallest absolute Gasteiger partial charge is 0.198 e. The summed E-state index contributed by atoms with van der Waals surface area (Å²) in [6.45, 7) is 7.80. The molecule has 1 aromatic rings. The Morgan fingerprint density at radius 1 is 1.18 bits per heavy atom. The van der Waals surface area contributed by atoms with E-state index in [1.807, 2.05) is 19.1 Å². The summed E-state index contributed by atoms with van der Waals surface area (Å²) in [6, 6.07) is 4.02. The van der Waals surface area contributed by atoms with Crippen LogP contribution in [0.3, 0.4) is 0 Å². The third kappa shape index (κ3) is 2.68. The molecular weight excluding hydrogens is 236 g/mol. The van der Waals surface area contributed by atoms with Gasteiger partial charge in [-0.1, -0.05) is 12.1 Å². The number of hydrogen-bond donors (Lipinski definition) is 1. The van der Waals surface area contributed by atoms with Gasteiger partial charge in [-0.3, -0.25) is 0 Å². The lowest BCUT2D eigenvalue weighted by Crippen LogP contribution is -2.29. The molecular formula is C12H18N2O2S. The van der Waals surface area contributed by atoms with Crippen LogP contribution in [0.2, 0.25) is 0 Å². The zero-order valence-electron chi connectivity index (χ0n) is 10.4. The van der Waals surface area contributed by atoms with Gasteiger partial charge in [-0.2, -0.15) is 17.4 Å². The molecule has 0 radical (unpaired) electrons. The molecule has 4 nitrogen and oxygen atoms in total. The predicted octanol–water partition coefficient (Wildman–Crippen LogP) is 1.26. The van der Waals surface area contributed by atoms with E-state index in [0.717, 1.165) is 5.56 Å². The van der Waals surface area contributed by atoms with Gasteiger partial charge in [0.05, 0.1) is 0 Å². The number of nitrogens with one attached hydrogen (secondary N) is 1. The molecule has 1 aromatic carbocycles. The lowest BCUT2D eigenvalue weighted by molar-refractivity contribution is 0.546. The van der Waals surface area contributed by atoms with Gasteiger partial charge in [-0.05, 0) is 43.0 Å². The highest BCUT2D eigenvalue weighted by molar-refractivity contribution is 7.87. The van der Waals surface area contributed by atoms with Gasteiger partial charge in [0, 0.05) is 19.6 Å². The first-order chi connectivity index (χ1) is 7.92. The third-order valence-corrected chi connectivity index (χ3v) is 4.92. The molecule has 1 aliphatic rings. The quantitative estimate of drug-likeness (QED) is 0.822. The maximum absolute atomic E-state index is 11.6. The molecule has 1 aliphatic heterocycles. The van der Waals surface area contributed by atoms with Crippen LogP contribution in [0.15, 0.2) is 12.1 Å². The van der Waals surface area contributed by atoms with E-state index in [1.165, 1.54) is 21.0 Å². The van der Waals surface area contributed by atoms with Crippen molar-refractivity contribution in [3.05, 3.63) is 34.4 Å². The van der Waals surface area contributed by atoms with Crippen LogP contribution in [0.4, 0.5) is 0 Å². The normalized spacial score (nSPS) is 16.2. The summed E-state index contributed by atoms with van der Waals surface area (Å²) in [5.41, 5.74) is 4.67. The van der Waals surface area contributed by atoms with E-state index in [0.29, 0.717) is 19.6 Å². The lowest BCUT2D eigenvalue weighted by atomic mass is 9.99. The van der Waals surface area contributed by atoms with Gasteiger partial charge in [0.15, 0.2) is 0 Å². The molecule has 0 unspecified atom stereocenters. The lowest BCUT2D eigenvalue weighted by Gasteiger charge is -2.12. The molecule has 94 valence electrons. The number of rotatable bonds is 4. The standard InChI is InChI=1S/C12H18N2O2S/c1-9-4-5-12(11(3)10(9)2)8-13-17(15,16)14-6-7-14/h4-5,13H,6-8H2,1-3H3. The molecule has 1 saturated heterocycles. The van der Waals surface area contributed by atoms with Crippen LogP contribution in [0.5, 0.6) is 0 Å². The van der Waals surface area contributed by atoms with Crippen molar-refractivity contribution >= 4 is 10.2 Å². The Bertz CT molecular complexity index is 534. The fraction of sp³-hybridized carbons (Fsp3) is 0.500. The van der Waals surface area contributed by atoms with E-state index in [9.17, 15) is 8.42 Å². The highest BCUT2D eigenvalue weighted by atomic mass is 32.2. The molecule has 0 saturated carbocycles. The second kappa shape index (κ2) is 4.40. The molecule has 0 atom stereocenters. The molecule has 0 amide bonds. The van der Waals surface area contributed by atoms with Crippen LogP contribution in [0.1, 0.15) is 22.3 Å². The maximum Gasteiger partial charge on any atom is 0.279 e. The average molecular weight is 254 g/mol. The van der Waals surface area contributed by atoms with Gasteiger partial charge in [-0.15, -0.1) is 0 Å². The van der Waals surface area contributed by atoms with Crippen molar-refractivity contribution in [2.75, 3.05) is 13.1 Å². The first kappa shape index (κ1) is 12.5. The first-order valence-electron chi connectivity index (χ1n) is 5.72. The fourth-order valence-corrected chi connectivity index (χ4v) is 2.83. The minimum Gasteiger partial charge on any atom is -0.198 e. The van der Waals surface area contributed by atoms with Crippen molar-refractivity contribution in [1.29, 1.82) is 0 Å². The molecule has 0 aliphatic carbocycles. The van der Waals surface area contributed by atoms with Gasteiger partial charge in [0.1, 0.15) is 0 Å². The highest BCUT2D eigenvalue weighted by Crippen LogP contribution is 2.18. The van der Waals surface area contributed by atoms with Crippen LogP contribution < -0.4 is 4.72 Å². The van der Waals surface area contributed by atoms with E-state index >= 15 is 0 Å². The number of aryl methyl sites for hydroxylation is 1. The molecule has 17 heavy (non-hydrogen) atoms. The second-order valence-electron chi connectivity index (χ2n) is 4.52. The molecule has 2 rings (SSSR count). The summed E-state index contributed by atoms with van der Waals surface area (Å²) in [5.74, 6) is 0. The van der Waals surface area contributed by atoms with Crippen molar-refractivity contribution in [3.63, 3.8) is 0 Å². The summed E-state index contributed by atoms with van der Waals surface area (Å²) < 4.78 is 27.3. The van der Waals surface area contributed by atoms with E-state index in [1.54, 1.807) is 0 Å². The van der Waals surface area contributed by atoms with E-state index in [-0.39, 0.29) is 0 Å². The number of benzene rings is 1. The van der Waals surface area contributed by atoms with Crippen molar-refractivity contribution in [3.8, 4) is 0 Å². The van der Waals surface area contributed by atoms with Gasteiger partial charge in [0.25, 0.3) is 10.2 Å². The van der Waals surface area contributed by atoms with Crippen LogP contribution in [-0.2, 0) is 16.8 Å². The second-order valence-corrected chi connectivity index (χ2v) is 6.27. The Hall–Kier alpha value is -0.910. The maximum atomic E-state index is 11.6. The zero-order chi connectivity index (χ0) is 12.6. The molecule has 0 bridgehead atoms. The topological polar surface area (TPSA) is 49.2 Å². The minimum absolute atomic E-state index is 0.367. The SMILES string of the molecule is Cc1ccc(CNS(=O)(=O)N2CC2)c(C)c1C. The summed E-state index contributed by atoms with van der Waals surface area (Å²) >= 11 is 0. The Labute approximate surface area is 103 Å². The Morgan fingerprint density at radius 2 is 1.82 bits per heavy atom. The van der Waals surface area contributed by atoms with Crippen LogP contribution >= 0.6 is 0 Å². The number of hydrogen-bond acceptors (Lipinski definition) is 2. The van der Waals surface area contributed by atoms with Gasteiger partial charge in [-0.25, -0.2) is 0 Å². The van der Waals surface area contributed by atoms with Crippen molar-refractivity contribution in [2.45, 2.75) is 27.3 Å². The van der Waals surface area contributed by atoms with Crippen molar-refractivity contribution < 1.29 is 8.42 Å². The van der Waals surface area contributed by atoms with E-state index in [4.69, 9.17) is 0 Å². The molecule has 1 heterocycles. The summed E-state index contributed by atoms with van der Waals surface area (Å²) in [4.78, 5) is 0. The van der Waals surface area contributed by atoms with E-state index < -0.39 is 10.2 Å². The first-order valence-corrected chi connectivity index (χ1v) is 7.16.